The molecule has 0 aliphatic rings. The minimum atomic E-state index is -0.168. The van der Waals surface area contributed by atoms with Crippen molar-refractivity contribution in [3.05, 3.63) is 22.7 Å². The van der Waals surface area contributed by atoms with Crippen LogP contribution in [0.2, 0.25) is 5.02 Å². The van der Waals surface area contributed by atoms with Gasteiger partial charge in [0.25, 0.3) is 5.91 Å². The molecule has 0 heterocycles. The Hall–Kier alpha value is -1.42. The van der Waals surface area contributed by atoms with Crippen molar-refractivity contribution < 1.29 is 14.3 Å². The molecule has 19 heavy (non-hydrogen) atoms. The first-order valence-electron chi connectivity index (χ1n) is 6.32. The molecule has 0 bridgehead atoms. The highest BCUT2D eigenvalue weighted by Gasteiger charge is 2.16. The first kappa shape index (κ1) is 15.6. The average molecular weight is 286 g/mol. The van der Waals surface area contributed by atoms with Crippen LogP contribution in [0.4, 0.5) is 0 Å². The Kier molecular flexibility index (Phi) is 5.96. The van der Waals surface area contributed by atoms with E-state index >= 15 is 0 Å². The number of carbonyl (C=O) groups is 1. The van der Waals surface area contributed by atoms with E-state index in [1.54, 1.807) is 12.1 Å². The Morgan fingerprint density at radius 3 is 2.63 bits per heavy atom. The first-order chi connectivity index (χ1) is 8.99. The summed E-state index contributed by atoms with van der Waals surface area (Å²) >= 11 is 6.15. The van der Waals surface area contributed by atoms with Gasteiger partial charge in [-0.3, -0.25) is 4.79 Å². The molecule has 1 rings (SSSR count). The SMILES string of the molecule is CCCNC(=O)c1cc(Cl)c(OC(C)C)c(OC)c1. The molecule has 106 valence electrons. The van der Waals surface area contributed by atoms with E-state index in [1.807, 2.05) is 20.8 Å². The molecule has 0 unspecified atom stereocenters. The van der Waals surface area contributed by atoms with Crippen molar-refractivity contribution >= 4 is 17.5 Å². The van der Waals surface area contributed by atoms with Gasteiger partial charge >= 0.3 is 0 Å². The molecule has 1 amide bonds. The van der Waals surface area contributed by atoms with E-state index in [1.165, 1.54) is 7.11 Å². The number of amides is 1. The molecule has 1 aromatic rings. The normalized spacial score (nSPS) is 10.4. The van der Waals surface area contributed by atoms with Gasteiger partial charge in [0.15, 0.2) is 11.5 Å². The fourth-order valence-corrected chi connectivity index (χ4v) is 1.80. The Bertz CT molecular complexity index is 447. The van der Waals surface area contributed by atoms with Gasteiger partial charge in [0, 0.05) is 12.1 Å². The minimum Gasteiger partial charge on any atom is -0.493 e. The zero-order valence-electron chi connectivity index (χ0n) is 11.7. The van der Waals surface area contributed by atoms with Crippen LogP contribution in [0.15, 0.2) is 12.1 Å². The number of rotatable bonds is 6. The van der Waals surface area contributed by atoms with Crippen molar-refractivity contribution in [1.29, 1.82) is 0 Å². The smallest absolute Gasteiger partial charge is 0.251 e. The molecule has 0 aromatic heterocycles. The highest BCUT2D eigenvalue weighted by Crippen LogP contribution is 2.37. The van der Waals surface area contributed by atoms with E-state index < -0.39 is 0 Å². The lowest BCUT2D eigenvalue weighted by atomic mass is 10.2. The highest BCUT2D eigenvalue weighted by atomic mass is 35.5. The number of carbonyl (C=O) groups excluding carboxylic acids is 1. The van der Waals surface area contributed by atoms with E-state index in [9.17, 15) is 4.79 Å². The standard InChI is InChI=1S/C14H20ClNO3/c1-5-6-16-14(17)10-7-11(15)13(19-9(2)3)12(8-10)18-4/h7-9H,5-6H2,1-4H3,(H,16,17). The monoisotopic (exact) mass is 285 g/mol. The fourth-order valence-electron chi connectivity index (χ4n) is 1.54. The van der Waals surface area contributed by atoms with E-state index in [0.29, 0.717) is 28.6 Å². The summed E-state index contributed by atoms with van der Waals surface area (Å²) in [4.78, 5) is 11.9. The molecule has 0 atom stereocenters. The first-order valence-corrected chi connectivity index (χ1v) is 6.69. The predicted molar refractivity (Wildman–Crippen MR) is 76.4 cm³/mol. The summed E-state index contributed by atoms with van der Waals surface area (Å²) in [6.07, 6.45) is 0.858. The van der Waals surface area contributed by atoms with Gasteiger partial charge in [0.1, 0.15) is 0 Å². The van der Waals surface area contributed by atoms with Gasteiger partial charge in [-0.05, 0) is 32.4 Å². The van der Waals surface area contributed by atoms with E-state index in [-0.39, 0.29) is 12.0 Å². The Labute approximate surface area is 119 Å². The molecule has 0 aliphatic heterocycles. The van der Waals surface area contributed by atoms with Gasteiger partial charge < -0.3 is 14.8 Å². The summed E-state index contributed by atoms with van der Waals surface area (Å²) in [5.74, 6) is 0.757. The van der Waals surface area contributed by atoms with Crippen LogP contribution >= 0.6 is 11.6 Å². The van der Waals surface area contributed by atoms with Crippen LogP contribution in [0.5, 0.6) is 11.5 Å². The number of methoxy groups -OCH3 is 1. The summed E-state index contributed by atoms with van der Waals surface area (Å²) in [5.41, 5.74) is 0.464. The number of halogens is 1. The molecule has 0 saturated carbocycles. The van der Waals surface area contributed by atoms with Crippen molar-refractivity contribution in [3.63, 3.8) is 0 Å². The number of nitrogens with one attached hydrogen (secondary N) is 1. The highest BCUT2D eigenvalue weighted by molar-refractivity contribution is 6.32. The molecule has 0 aliphatic carbocycles. The Morgan fingerprint density at radius 2 is 2.11 bits per heavy atom. The minimum absolute atomic E-state index is 0.0221. The molecule has 1 aromatic carbocycles. The van der Waals surface area contributed by atoms with Crippen molar-refractivity contribution in [3.8, 4) is 11.5 Å². The maximum absolute atomic E-state index is 11.9. The van der Waals surface area contributed by atoms with Crippen LogP contribution in [0.25, 0.3) is 0 Å². The third-order valence-corrected chi connectivity index (χ3v) is 2.66. The second-order valence-electron chi connectivity index (χ2n) is 4.41. The van der Waals surface area contributed by atoms with Gasteiger partial charge in [-0.25, -0.2) is 0 Å². The largest absolute Gasteiger partial charge is 0.493 e. The van der Waals surface area contributed by atoms with Crippen LogP contribution in [-0.2, 0) is 0 Å². The lowest BCUT2D eigenvalue weighted by Crippen LogP contribution is -2.24. The number of hydrogen-bond acceptors (Lipinski definition) is 3. The Balaban J connectivity index is 3.05. The van der Waals surface area contributed by atoms with Crippen LogP contribution < -0.4 is 14.8 Å². The van der Waals surface area contributed by atoms with Gasteiger partial charge in [0.05, 0.1) is 18.2 Å². The fraction of sp³-hybridized carbons (Fsp3) is 0.500. The molecule has 0 radical (unpaired) electrons. The third-order valence-electron chi connectivity index (χ3n) is 2.38. The zero-order chi connectivity index (χ0) is 14.4. The van der Waals surface area contributed by atoms with Crippen LogP contribution in [0, 0.1) is 0 Å². The summed E-state index contributed by atoms with van der Waals surface area (Å²) in [6, 6.07) is 3.22. The van der Waals surface area contributed by atoms with E-state index in [0.717, 1.165) is 6.42 Å². The summed E-state index contributed by atoms with van der Waals surface area (Å²) in [6.45, 7) is 6.42. The summed E-state index contributed by atoms with van der Waals surface area (Å²) in [5, 5.41) is 3.16. The maximum Gasteiger partial charge on any atom is 0.251 e. The molecule has 4 nitrogen and oxygen atoms in total. The van der Waals surface area contributed by atoms with E-state index in [4.69, 9.17) is 21.1 Å². The third kappa shape index (κ3) is 4.31. The maximum atomic E-state index is 11.9. The van der Waals surface area contributed by atoms with Gasteiger partial charge in [0.2, 0.25) is 0 Å². The topological polar surface area (TPSA) is 47.6 Å². The van der Waals surface area contributed by atoms with Gasteiger partial charge in [-0.1, -0.05) is 18.5 Å². The molecule has 0 spiro atoms. The molecule has 0 fully saturated rings. The van der Waals surface area contributed by atoms with Crippen LogP contribution in [0.3, 0.4) is 0 Å². The second kappa shape index (κ2) is 7.24. The molecular weight excluding hydrogens is 266 g/mol. The molecule has 0 saturated heterocycles. The van der Waals surface area contributed by atoms with Crippen molar-refractivity contribution in [2.24, 2.45) is 0 Å². The Morgan fingerprint density at radius 1 is 1.42 bits per heavy atom. The lowest BCUT2D eigenvalue weighted by molar-refractivity contribution is 0.0953. The van der Waals surface area contributed by atoms with Crippen LogP contribution in [0.1, 0.15) is 37.6 Å². The van der Waals surface area contributed by atoms with Gasteiger partial charge in [-0.2, -0.15) is 0 Å². The number of benzene rings is 1. The van der Waals surface area contributed by atoms with Crippen molar-refractivity contribution in [1.82, 2.24) is 5.32 Å². The van der Waals surface area contributed by atoms with E-state index in [2.05, 4.69) is 5.32 Å². The van der Waals surface area contributed by atoms with Crippen molar-refractivity contribution in [2.45, 2.75) is 33.3 Å². The quantitative estimate of drug-likeness (QED) is 0.872. The summed E-state index contributed by atoms with van der Waals surface area (Å²) in [7, 11) is 1.52. The second-order valence-corrected chi connectivity index (χ2v) is 4.82. The molecular formula is C14H20ClNO3. The van der Waals surface area contributed by atoms with Crippen LogP contribution in [-0.4, -0.2) is 25.7 Å². The predicted octanol–water partition coefficient (Wildman–Crippen LogP) is 3.28. The number of ether oxygens (including phenoxy) is 2. The molecule has 1 N–H and O–H groups in total. The molecule has 5 heteroatoms. The number of hydrogen-bond donors (Lipinski definition) is 1. The average Bonchev–Trinajstić information content (AvgIpc) is 2.37. The zero-order valence-corrected chi connectivity index (χ0v) is 12.5. The summed E-state index contributed by atoms with van der Waals surface area (Å²) < 4.78 is 10.8. The van der Waals surface area contributed by atoms with Crippen molar-refractivity contribution in [2.75, 3.05) is 13.7 Å². The van der Waals surface area contributed by atoms with Gasteiger partial charge in [-0.15, -0.1) is 0 Å². The lowest BCUT2D eigenvalue weighted by Gasteiger charge is -2.16.